The lowest BCUT2D eigenvalue weighted by molar-refractivity contribution is -0.139. The molecule has 0 aliphatic rings. The fourth-order valence-corrected chi connectivity index (χ4v) is 4.76. The van der Waals surface area contributed by atoms with Gasteiger partial charge in [-0.05, 0) is 63.6 Å². The van der Waals surface area contributed by atoms with Gasteiger partial charge < -0.3 is 9.84 Å². The highest BCUT2D eigenvalue weighted by Crippen LogP contribution is 2.37. The van der Waals surface area contributed by atoms with Gasteiger partial charge in [0.25, 0.3) is 0 Å². The van der Waals surface area contributed by atoms with Gasteiger partial charge in [0.1, 0.15) is 5.75 Å². The molecule has 0 spiro atoms. The summed E-state index contributed by atoms with van der Waals surface area (Å²) in [4.78, 5) is 11.6. The summed E-state index contributed by atoms with van der Waals surface area (Å²) in [6, 6.07) is 19.8. The lowest BCUT2D eigenvalue weighted by atomic mass is 9.93. The summed E-state index contributed by atoms with van der Waals surface area (Å²) in [6.07, 6.45) is -2.66. The second-order valence-corrected chi connectivity index (χ2v) is 8.84. The largest absolute Gasteiger partial charge is 0.482 e. The van der Waals surface area contributed by atoms with Gasteiger partial charge >= 0.3 is 12.1 Å². The summed E-state index contributed by atoms with van der Waals surface area (Å²) in [7, 11) is 0. The molecule has 0 bridgehead atoms. The van der Waals surface area contributed by atoms with Crippen LogP contribution in [0, 0.1) is 3.57 Å². The number of alkyl halides is 3. The quantitative estimate of drug-likeness (QED) is 0.234. The van der Waals surface area contributed by atoms with Crippen LogP contribution in [0.15, 0.2) is 83.8 Å². The third kappa shape index (κ3) is 6.52. The van der Waals surface area contributed by atoms with Gasteiger partial charge in [-0.3, -0.25) is 0 Å². The molecule has 0 atom stereocenters. The number of carboxylic acid groups (broad SMARTS) is 1. The molecule has 0 fully saturated rings. The van der Waals surface area contributed by atoms with E-state index in [1.54, 1.807) is 48.5 Å². The van der Waals surface area contributed by atoms with Gasteiger partial charge in [-0.2, -0.15) is 13.2 Å². The minimum absolute atomic E-state index is 0.138. The zero-order chi connectivity index (χ0) is 23.1. The van der Waals surface area contributed by atoms with Crippen molar-refractivity contribution in [3.05, 3.63) is 99.1 Å². The molecular formula is C24H18F3IO3S. The van der Waals surface area contributed by atoms with E-state index in [0.29, 0.717) is 22.6 Å². The van der Waals surface area contributed by atoms with Crippen LogP contribution in [-0.2, 0) is 11.0 Å². The molecule has 0 heterocycles. The third-order valence-electron chi connectivity index (χ3n) is 4.40. The fourth-order valence-electron chi connectivity index (χ4n) is 3.01. The molecule has 3 aromatic carbocycles. The molecule has 0 unspecified atom stereocenters. The Bertz CT molecular complexity index is 1110. The van der Waals surface area contributed by atoms with Gasteiger partial charge in [0, 0.05) is 14.2 Å². The summed E-state index contributed by atoms with van der Waals surface area (Å²) < 4.78 is 46.9. The van der Waals surface area contributed by atoms with Gasteiger partial charge in [0.2, 0.25) is 0 Å². The van der Waals surface area contributed by atoms with Crippen molar-refractivity contribution in [2.45, 2.75) is 11.1 Å². The zero-order valence-electron chi connectivity index (χ0n) is 16.6. The zero-order valence-corrected chi connectivity index (χ0v) is 19.6. The molecule has 3 nitrogen and oxygen atoms in total. The SMILES string of the molecule is O=C(O)COc1ccc(SC/C=C(/c2ccccc2)c2ccccc2C(F)(F)F)c(I)c1. The maximum atomic E-state index is 13.6. The molecule has 0 aliphatic heterocycles. The number of thioether (sulfide) groups is 1. The Morgan fingerprint density at radius 1 is 1.03 bits per heavy atom. The lowest BCUT2D eigenvalue weighted by Gasteiger charge is -2.16. The molecule has 3 rings (SSSR count). The molecule has 32 heavy (non-hydrogen) atoms. The van der Waals surface area contributed by atoms with Crippen LogP contribution in [0.1, 0.15) is 16.7 Å². The first kappa shape index (κ1) is 24.2. The average molecular weight is 570 g/mol. The first-order valence-electron chi connectivity index (χ1n) is 9.45. The van der Waals surface area contributed by atoms with Crippen LogP contribution in [0.4, 0.5) is 13.2 Å². The molecule has 0 saturated carbocycles. The number of halogens is 4. The normalized spacial score (nSPS) is 11.9. The maximum absolute atomic E-state index is 13.6. The Morgan fingerprint density at radius 3 is 2.38 bits per heavy atom. The number of hydrogen-bond donors (Lipinski definition) is 1. The minimum atomic E-state index is -4.46. The van der Waals surface area contributed by atoms with Gasteiger partial charge in [0.05, 0.1) is 5.56 Å². The van der Waals surface area contributed by atoms with E-state index in [-0.39, 0.29) is 5.56 Å². The van der Waals surface area contributed by atoms with Crippen molar-refractivity contribution >= 4 is 45.9 Å². The summed E-state index contributed by atoms with van der Waals surface area (Å²) >= 11 is 3.60. The van der Waals surface area contributed by atoms with Gasteiger partial charge in [0.15, 0.2) is 6.61 Å². The fraction of sp³-hybridized carbons (Fsp3) is 0.125. The van der Waals surface area contributed by atoms with E-state index in [4.69, 9.17) is 9.84 Å². The number of hydrogen-bond acceptors (Lipinski definition) is 3. The van der Waals surface area contributed by atoms with Crippen molar-refractivity contribution in [1.29, 1.82) is 0 Å². The molecule has 0 saturated heterocycles. The van der Waals surface area contributed by atoms with Crippen LogP contribution in [0.2, 0.25) is 0 Å². The monoisotopic (exact) mass is 570 g/mol. The topological polar surface area (TPSA) is 46.5 Å². The van der Waals surface area contributed by atoms with Crippen LogP contribution in [0.25, 0.3) is 5.57 Å². The Morgan fingerprint density at radius 2 is 1.72 bits per heavy atom. The number of carbonyl (C=O) groups is 1. The third-order valence-corrected chi connectivity index (χ3v) is 6.66. The van der Waals surface area contributed by atoms with E-state index in [1.165, 1.54) is 23.9 Å². The summed E-state index contributed by atoms with van der Waals surface area (Å²) in [5, 5.41) is 8.72. The van der Waals surface area contributed by atoms with Crippen molar-refractivity contribution in [2.24, 2.45) is 0 Å². The van der Waals surface area contributed by atoms with E-state index >= 15 is 0 Å². The second kappa shape index (κ2) is 10.9. The molecule has 166 valence electrons. The average Bonchev–Trinajstić information content (AvgIpc) is 2.76. The van der Waals surface area contributed by atoms with E-state index in [9.17, 15) is 18.0 Å². The summed E-state index contributed by atoms with van der Waals surface area (Å²) in [5.74, 6) is -0.168. The molecule has 0 amide bonds. The number of ether oxygens (including phenoxy) is 1. The van der Waals surface area contributed by atoms with Crippen molar-refractivity contribution in [3.8, 4) is 5.75 Å². The van der Waals surface area contributed by atoms with Gasteiger partial charge in [-0.15, -0.1) is 11.8 Å². The van der Waals surface area contributed by atoms with Gasteiger partial charge in [-0.1, -0.05) is 54.6 Å². The molecule has 0 radical (unpaired) electrons. The number of carboxylic acids is 1. The molecule has 8 heteroatoms. The smallest absolute Gasteiger partial charge is 0.417 e. The second-order valence-electron chi connectivity index (χ2n) is 6.61. The first-order valence-corrected chi connectivity index (χ1v) is 11.5. The van der Waals surface area contributed by atoms with Crippen molar-refractivity contribution in [2.75, 3.05) is 12.4 Å². The molecule has 1 N–H and O–H groups in total. The van der Waals surface area contributed by atoms with Crippen molar-refractivity contribution in [3.63, 3.8) is 0 Å². The Hall–Kier alpha value is -2.46. The highest BCUT2D eigenvalue weighted by atomic mass is 127. The summed E-state index contributed by atoms with van der Waals surface area (Å²) in [5.41, 5.74) is 0.688. The predicted molar refractivity (Wildman–Crippen MR) is 128 cm³/mol. The number of benzene rings is 3. The van der Waals surface area contributed by atoms with E-state index in [1.807, 2.05) is 12.1 Å². The van der Waals surface area contributed by atoms with Crippen LogP contribution < -0.4 is 4.74 Å². The van der Waals surface area contributed by atoms with Crippen molar-refractivity contribution in [1.82, 2.24) is 0 Å². The van der Waals surface area contributed by atoms with E-state index in [0.717, 1.165) is 14.5 Å². The van der Waals surface area contributed by atoms with Gasteiger partial charge in [-0.25, -0.2) is 4.79 Å². The highest BCUT2D eigenvalue weighted by Gasteiger charge is 2.33. The molecule has 3 aromatic rings. The standard InChI is InChI=1S/C24H18F3IO3S/c25-24(26,27)20-9-5-4-8-19(20)18(16-6-2-1-3-7-16)12-13-32-22-11-10-17(14-21(22)28)31-15-23(29)30/h1-12,14H,13,15H2,(H,29,30)/b18-12-. The van der Waals surface area contributed by atoms with Crippen LogP contribution in [-0.4, -0.2) is 23.4 Å². The Labute approximate surface area is 201 Å². The lowest BCUT2D eigenvalue weighted by Crippen LogP contribution is -2.09. The molecular weight excluding hydrogens is 552 g/mol. The highest BCUT2D eigenvalue weighted by molar-refractivity contribution is 14.1. The van der Waals surface area contributed by atoms with E-state index < -0.39 is 24.3 Å². The van der Waals surface area contributed by atoms with E-state index in [2.05, 4.69) is 22.6 Å². The number of rotatable bonds is 8. The van der Waals surface area contributed by atoms with Crippen LogP contribution in [0.5, 0.6) is 5.75 Å². The maximum Gasteiger partial charge on any atom is 0.417 e. The molecule has 0 aliphatic carbocycles. The predicted octanol–water partition coefficient (Wildman–Crippen LogP) is 7.00. The minimum Gasteiger partial charge on any atom is -0.482 e. The summed E-state index contributed by atoms with van der Waals surface area (Å²) in [6.45, 7) is -0.426. The Kier molecular flexibility index (Phi) is 8.25. The van der Waals surface area contributed by atoms with Crippen molar-refractivity contribution < 1.29 is 27.8 Å². The Balaban J connectivity index is 1.87. The van der Waals surface area contributed by atoms with Crippen LogP contribution >= 0.6 is 34.4 Å². The number of aliphatic carboxylic acids is 1. The van der Waals surface area contributed by atoms with Crippen LogP contribution in [0.3, 0.4) is 0 Å². The first-order chi connectivity index (χ1) is 15.3. The molecule has 0 aromatic heterocycles.